The average molecular weight is 284 g/mol. The SMILES string of the molecule is COCCNCC1(Cc2ccccc2Cl)CCOC1. The van der Waals surface area contributed by atoms with E-state index in [1.165, 1.54) is 5.56 Å². The first-order valence-corrected chi connectivity index (χ1v) is 7.14. The third-order valence-corrected chi connectivity index (χ3v) is 4.06. The molecule has 19 heavy (non-hydrogen) atoms. The van der Waals surface area contributed by atoms with Crippen molar-refractivity contribution in [3.05, 3.63) is 34.9 Å². The number of rotatable bonds is 7. The van der Waals surface area contributed by atoms with Gasteiger partial charge in [0.15, 0.2) is 0 Å². The minimum Gasteiger partial charge on any atom is -0.383 e. The molecule has 1 unspecified atom stereocenters. The van der Waals surface area contributed by atoms with Gasteiger partial charge in [-0.3, -0.25) is 0 Å². The van der Waals surface area contributed by atoms with Crippen molar-refractivity contribution in [3.63, 3.8) is 0 Å². The standard InChI is InChI=1S/C15H22ClNO2/c1-18-9-7-17-11-15(6-8-19-12-15)10-13-4-2-3-5-14(13)16/h2-5,17H,6-12H2,1H3. The van der Waals surface area contributed by atoms with E-state index < -0.39 is 0 Å². The van der Waals surface area contributed by atoms with Crippen LogP contribution in [0.4, 0.5) is 0 Å². The molecule has 0 spiro atoms. The van der Waals surface area contributed by atoms with Gasteiger partial charge in [0.1, 0.15) is 0 Å². The van der Waals surface area contributed by atoms with Crippen LogP contribution in [0.15, 0.2) is 24.3 Å². The summed E-state index contributed by atoms with van der Waals surface area (Å²) in [6.45, 7) is 4.21. The molecule has 2 rings (SSSR count). The third kappa shape index (κ3) is 4.18. The van der Waals surface area contributed by atoms with Crippen molar-refractivity contribution in [3.8, 4) is 0 Å². The second-order valence-electron chi connectivity index (χ2n) is 5.24. The van der Waals surface area contributed by atoms with Gasteiger partial charge in [0, 0.05) is 37.2 Å². The molecule has 1 aliphatic heterocycles. The second kappa shape index (κ2) is 7.25. The average Bonchev–Trinajstić information content (AvgIpc) is 2.87. The van der Waals surface area contributed by atoms with Crippen LogP contribution in [0.25, 0.3) is 0 Å². The Labute approximate surface area is 120 Å². The van der Waals surface area contributed by atoms with Crippen molar-refractivity contribution in [2.24, 2.45) is 5.41 Å². The van der Waals surface area contributed by atoms with E-state index in [4.69, 9.17) is 21.1 Å². The van der Waals surface area contributed by atoms with Crippen molar-refractivity contribution in [1.29, 1.82) is 0 Å². The van der Waals surface area contributed by atoms with Crippen molar-refractivity contribution >= 4 is 11.6 Å². The molecule has 0 amide bonds. The van der Waals surface area contributed by atoms with Gasteiger partial charge in [-0.15, -0.1) is 0 Å². The number of methoxy groups -OCH3 is 1. The molecular formula is C15H22ClNO2. The van der Waals surface area contributed by atoms with Gasteiger partial charge in [-0.1, -0.05) is 29.8 Å². The fourth-order valence-electron chi connectivity index (χ4n) is 2.56. The minimum atomic E-state index is 0.165. The summed E-state index contributed by atoms with van der Waals surface area (Å²) in [6, 6.07) is 8.08. The van der Waals surface area contributed by atoms with E-state index in [1.54, 1.807) is 7.11 Å². The first-order chi connectivity index (χ1) is 9.26. The summed E-state index contributed by atoms with van der Waals surface area (Å²) < 4.78 is 10.7. The van der Waals surface area contributed by atoms with Gasteiger partial charge in [0.25, 0.3) is 0 Å². The summed E-state index contributed by atoms with van der Waals surface area (Å²) in [7, 11) is 1.72. The highest BCUT2D eigenvalue weighted by Crippen LogP contribution is 2.34. The van der Waals surface area contributed by atoms with Crippen LogP contribution in [0.5, 0.6) is 0 Å². The van der Waals surface area contributed by atoms with Crippen LogP contribution in [0.2, 0.25) is 5.02 Å². The zero-order valence-electron chi connectivity index (χ0n) is 11.5. The van der Waals surface area contributed by atoms with Crippen molar-refractivity contribution in [2.45, 2.75) is 12.8 Å². The smallest absolute Gasteiger partial charge is 0.0587 e. The summed E-state index contributed by atoms with van der Waals surface area (Å²) in [4.78, 5) is 0. The van der Waals surface area contributed by atoms with Gasteiger partial charge >= 0.3 is 0 Å². The van der Waals surface area contributed by atoms with Gasteiger partial charge in [-0.25, -0.2) is 0 Å². The number of benzene rings is 1. The summed E-state index contributed by atoms with van der Waals surface area (Å²) in [5, 5.41) is 4.31. The molecule has 1 aromatic carbocycles. The van der Waals surface area contributed by atoms with Crippen LogP contribution < -0.4 is 5.32 Å². The maximum absolute atomic E-state index is 6.27. The predicted molar refractivity (Wildman–Crippen MR) is 77.8 cm³/mol. The molecule has 1 heterocycles. The zero-order valence-corrected chi connectivity index (χ0v) is 12.2. The number of hydrogen-bond donors (Lipinski definition) is 1. The molecule has 0 saturated carbocycles. The number of ether oxygens (including phenoxy) is 2. The largest absolute Gasteiger partial charge is 0.383 e. The van der Waals surface area contributed by atoms with E-state index in [0.717, 1.165) is 50.8 Å². The fourth-order valence-corrected chi connectivity index (χ4v) is 2.77. The Balaban J connectivity index is 1.97. The van der Waals surface area contributed by atoms with Crippen LogP contribution in [-0.4, -0.2) is 40.0 Å². The molecule has 4 heteroatoms. The lowest BCUT2D eigenvalue weighted by Gasteiger charge is -2.28. The lowest BCUT2D eigenvalue weighted by molar-refractivity contribution is 0.145. The van der Waals surface area contributed by atoms with E-state index in [9.17, 15) is 0 Å². The highest BCUT2D eigenvalue weighted by atomic mass is 35.5. The van der Waals surface area contributed by atoms with Gasteiger partial charge in [-0.05, 0) is 24.5 Å². The molecule has 106 valence electrons. The first kappa shape index (κ1) is 14.8. The summed E-state index contributed by atoms with van der Waals surface area (Å²) >= 11 is 6.27. The Bertz CT molecular complexity index is 391. The molecule has 1 fully saturated rings. The summed E-state index contributed by atoms with van der Waals surface area (Å²) in [6.07, 6.45) is 2.05. The number of nitrogens with one attached hydrogen (secondary N) is 1. The highest BCUT2D eigenvalue weighted by molar-refractivity contribution is 6.31. The third-order valence-electron chi connectivity index (χ3n) is 3.69. The van der Waals surface area contributed by atoms with Crippen LogP contribution in [-0.2, 0) is 15.9 Å². The van der Waals surface area contributed by atoms with Crippen LogP contribution in [0.3, 0.4) is 0 Å². The molecule has 0 bridgehead atoms. The minimum absolute atomic E-state index is 0.165. The van der Waals surface area contributed by atoms with Gasteiger partial charge in [0.05, 0.1) is 13.2 Å². The van der Waals surface area contributed by atoms with E-state index >= 15 is 0 Å². The Kier molecular flexibility index (Phi) is 5.64. The molecule has 1 N–H and O–H groups in total. The molecule has 1 aromatic rings. The van der Waals surface area contributed by atoms with Crippen molar-refractivity contribution in [1.82, 2.24) is 5.32 Å². The zero-order chi connectivity index (χ0) is 13.6. The topological polar surface area (TPSA) is 30.5 Å². The highest BCUT2D eigenvalue weighted by Gasteiger charge is 2.35. The van der Waals surface area contributed by atoms with Crippen LogP contribution >= 0.6 is 11.6 Å². The molecule has 0 aliphatic carbocycles. The normalized spacial score (nSPS) is 22.8. The van der Waals surface area contributed by atoms with Gasteiger partial charge < -0.3 is 14.8 Å². The molecule has 1 aliphatic rings. The Morgan fingerprint density at radius 1 is 1.42 bits per heavy atom. The van der Waals surface area contributed by atoms with Crippen LogP contribution in [0, 0.1) is 5.41 Å². The quantitative estimate of drug-likeness (QED) is 0.780. The Hall–Kier alpha value is -0.610. The molecule has 1 atom stereocenters. The van der Waals surface area contributed by atoms with Crippen LogP contribution in [0.1, 0.15) is 12.0 Å². The predicted octanol–water partition coefficient (Wildman–Crippen LogP) is 2.53. The lowest BCUT2D eigenvalue weighted by atomic mass is 9.81. The maximum Gasteiger partial charge on any atom is 0.0587 e. The molecule has 3 nitrogen and oxygen atoms in total. The van der Waals surface area contributed by atoms with Gasteiger partial charge in [-0.2, -0.15) is 0 Å². The van der Waals surface area contributed by atoms with E-state index in [-0.39, 0.29) is 5.41 Å². The van der Waals surface area contributed by atoms with Crippen molar-refractivity contribution < 1.29 is 9.47 Å². The van der Waals surface area contributed by atoms with Crippen molar-refractivity contribution in [2.75, 3.05) is 40.0 Å². The monoisotopic (exact) mass is 283 g/mol. The fraction of sp³-hybridized carbons (Fsp3) is 0.600. The maximum atomic E-state index is 6.27. The molecule has 1 saturated heterocycles. The first-order valence-electron chi connectivity index (χ1n) is 6.77. The van der Waals surface area contributed by atoms with E-state index in [0.29, 0.717) is 0 Å². The Morgan fingerprint density at radius 2 is 2.26 bits per heavy atom. The summed E-state index contributed by atoms with van der Waals surface area (Å²) in [5.41, 5.74) is 1.38. The molecule has 0 radical (unpaired) electrons. The number of halogens is 1. The molecular weight excluding hydrogens is 262 g/mol. The van der Waals surface area contributed by atoms with E-state index in [1.807, 2.05) is 18.2 Å². The van der Waals surface area contributed by atoms with E-state index in [2.05, 4.69) is 11.4 Å². The Morgan fingerprint density at radius 3 is 2.95 bits per heavy atom. The van der Waals surface area contributed by atoms with Gasteiger partial charge in [0.2, 0.25) is 0 Å². The molecule has 0 aromatic heterocycles. The number of hydrogen-bond acceptors (Lipinski definition) is 3. The summed E-state index contributed by atoms with van der Waals surface area (Å²) in [5.74, 6) is 0. The second-order valence-corrected chi connectivity index (χ2v) is 5.65. The lowest BCUT2D eigenvalue weighted by Crippen LogP contribution is -2.38.